The molecule has 2 aromatic rings. The Morgan fingerprint density at radius 1 is 1.18 bits per heavy atom. The van der Waals surface area contributed by atoms with Crippen LogP contribution in [0.25, 0.3) is 0 Å². The van der Waals surface area contributed by atoms with Gasteiger partial charge in [0.05, 0.1) is 6.54 Å². The molecule has 1 aromatic carbocycles. The SMILES string of the molecule is CN=C(NCCCCn1c(C)cccc1=O)NCC(C)Oc1ccc(F)cc1. The van der Waals surface area contributed by atoms with Crippen molar-refractivity contribution >= 4 is 5.96 Å². The van der Waals surface area contributed by atoms with Gasteiger partial charge in [-0.15, -0.1) is 0 Å². The van der Waals surface area contributed by atoms with E-state index >= 15 is 0 Å². The number of guanidine groups is 1. The van der Waals surface area contributed by atoms with Crippen LogP contribution in [0.4, 0.5) is 4.39 Å². The fourth-order valence-corrected chi connectivity index (χ4v) is 2.76. The second kappa shape index (κ2) is 11.1. The highest BCUT2D eigenvalue weighted by molar-refractivity contribution is 5.79. The largest absolute Gasteiger partial charge is 0.489 e. The van der Waals surface area contributed by atoms with Crippen LogP contribution in [0, 0.1) is 12.7 Å². The zero-order valence-corrected chi connectivity index (χ0v) is 16.7. The van der Waals surface area contributed by atoms with Crippen LogP contribution >= 0.6 is 0 Å². The van der Waals surface area contributed by atoms with Crippen molar-refractivity contribution in [3.05, 3.63) is 64.3 Å². The van der Waals surface area contributed by atoms with Gasteiger partial charge in [0.15, 0.2) is 5.96 Å². The summed E-state index contributed by atoms with van der Waals surface area (Å²) in [6.07, 6.45) is 1.72. The molecule has 0 fully saturated rings. The molecule has 6 nitrogen and oxygen atoms in total. The number of benzene rings is 1. The number of hydrogen-bond donors (Lipinski definition) is 2. The lowest BCUT2D eigenvalue weighted by molar-refractivity contribution is 0.223. The third-order valence-corrected chi connectivity index (χ3v) is 4.30. The van der Waals surface area contributed by atoms with Crippen molar-refractivity contribution in [2.45, 2.75) is 39.3 Å². The van der Waals surface area contributed by atoms with E-state index in [1.54, 1.807) is 35.9 Å². The van der Waals surface area contributed by atoms with Crippen LogP contribution < -0.4 is 20.9 Å². The van der Waals surface area contributed by atoms with Gasteiger partial charge in [-0.25, -0.2) is 4.39 Å². The van der Waals surface area contributed by atoms with Crippen molar-refractivity contribution < 1.29 is 9.13 Å². The number of unbranched alkanes of at least 4 members (excludes halogenated alkanes) is 1. The van der Waals surface area contributed by atoms with Crippen LogP contribution in [0.15, 0.2) is 52.3 Å². The molecule has 1 atom stereocenters. The summed E-state index contributed by atoms with van der Waals surface area (Å²) in [5.74, 6) is 1.04. The minimum atomic E-state index is -0.282. The number of halogens is 1. The van der Waals surface area contributed by atoms with Crippen LogP contribution in [-0.4, -0.2) is 36.8 Å². The second-order valence-electron chi connectivity index (χ2n) is 6.63. The zero-order chi connectivity index (χ0) is 20.4. The quantitative estimate of drug-likeness (QED) is 0.394. The molecule has 0 bridgehead atoms. The predicted octanol–water partition coefficient (Wildman–Crippen LogP) is 2.71. The number of rotatable bonds is 9. The average molecular weight is 388 g/mol. The Bertz CT molecular complexity index is 818. The first-order valence-electron chi connectivity index (χ1n) is 9.53. The van der Waals surface area contributed by atoms with Crippen LogP contribution in [0.5, 0.6) is 5.75 Å². The van der Waals surface area contributed by atoms with Gasteiger partial charge in [0.1, 0.15) is 17.7 Å². The molecular weight excluding hydrogens is 359 g/mol. The topological polar surface area (TPSA) is 67.7 Å². The zero-order valence-electron chi connectivity index (χ0n) is 16.7. The minimum absolute atomic E-state index is 0.0422. The number of nitrogens with one attached hydrogen (secondary N) is 2. The highest BCUT2D eigenvalue weighted by atomic mass is 19.1. The lowest BCUT2D eigenvalue weighted by Crippen LogP contribution is -2.42. The molecule has 28 heavy (non-hydrogen) atoms. The number of ether oxygens (including phenoxy) is 1. The fraction of sp³-hybridized carbons (Fsp3) is 0.429. The summed E-state index contributed by atoms with van der Waals surface area (Å²) in [4.78, 5) is 16.0. The van der Waals surface area contributed by atoms with E-state index in [2.05, 4.69) is 15.6 Å². The fourth-order valence-electron chi connectivity index (χ4n) is 2.76. The maximum Gasteiger partial charge on any atom is 0.250 e. The Kier molecular flexibility index (Phi) is 8.52. The molecule has 2 rings (SSSR count). The Balaban J connectivity index is 1.65. The summed E-state index contributed by atoms with van der Waals surface area (Å²) in [6, 6.07) is 11.3. The average Bonchev–Trinajstić information content (AvgIpc) is 2.67. The number of aromatic nitrogens is 1. The molecule has 1 unspecified atom stereocenters. The third-order valence-electron chi connectivity index (χ3n) is 4.30. The molecule has 7 heteroatoms. The van der Waals surface area contributed by atoms with Gasteiger partial charge in [-0.2, -0.15) is 0 Å². The summed E-state index contributed by atoms with van der Waals surface area (Å²) < 4.78 is 20.5. The van der Waals surface area contributed by atoms with E-state index in [9.17, 15) is 9.18 Å². The number of nitrogens with zero attached hydrogens (tertiary/aromatic N) is 2. The van der Waals surface area contributed by atoms with E-state index in [0.29, 0.717) is 24.8 Å². The maximum atomic E-state index is 12.9. The summed E-state index contributed by atoms with van der Waals surface area (Å²) >= 11 is 0. The Morgan fingerprint density at radius 3 is 2.61 bits per heavy atom. The van der Waals surface area contributed by atoms with Crippen molar-refractivity contribution in [1.82, 2.24) is 15.2 Å². The summed E-state index contributed by atoms with van der Waals surface area (Å²) in [6.45, 7) is 5.91. The molecule has 0 saturated heterocycles. The number of hydrogen-bond acceptors (Lipinski definition) is 3. The summed E-state index contributed by atoms with van der Waals surface area (Å²) in [5.41, 5.74) is 1.02. The molecule has 152 valence electrons. The third kappa shape index (κ3) is 7.06. The van der Waals surface area contributed by atoms with Crippen LogP contribution in [0.3, 0.4) is 0 Å². The van der Waals surface area contributed by atoms with Crippen molar-refractivity contribution in [3.8, 4) is 5.75 Å². The molecule has 0 saturated carbocycles. The molecular formula is C21H29FN4O2. The van der Waals surface area contributed by atoms with E-state index in [-0.39, 0.29) is 17.5 Å². The molecule has 0 aliphatic heterocycles. The lowest BCUT2D eigenvalue weighted by Gasteiger charge is -2.18. The van der Waals surface area contributed by atoms with Crippen molar-refractivity contribution in [1.29, 1.82) is 0 Å². The second-order valence-corrected chi connectivity index (χ2v) is 6.63. The first kappa shape index (κ1) is 21.5. The molecule has 0 aliphatic carbocycles. The van der Waals surface area contributed by atoms with Crippen LogP contribution in [-0.2, 0) is 6.54 Å². The van der Waals surface area contributed by atoms with Gasteiger partial charge in [0, 0.05) is 31.9 Å². The predicted molar refractivity (Wildman–Crippen MR) is 111 cm³/mol. The maximum absolute atomic E-state index is 12.9. The molecule has 0 aliphatic rings. The van der Waals surface area contributed by atoms with E-state index in [1.165, 1.54) is 12.1 Å². The van der Waals surface area contributed by atoms with E-state index < -0.39 is 0 Å². The smallest absolute Gasteiger partial charge is 0.250 e. The molecule has 1 aromatic heterocycles. The molecule has 0 radical (unpaired) electrons. The standard InChI is InChI=1S/C21H29FN4O2/c1-16-7-6-8-20(27)26(16)14-5-4-13-24-21(23-3)25-15-17(2)28-19-11-9-18(22)10-12-19/h6-12,17H,4-5,13-15H2,1-3H3,(H2,23,24,25). The Labute approximate surface area is 165 Å². The monoisotopic (exact) mass is 388 g/mol. The van der Waals surface area contributed by atoms with E-state index in [4.69, 9.17) is 4.74 Å². The summed E-state index contributed by atoms with van der Waals surface area (Å²) in [7, 11) is 1.72. The van der Waals surface area contributed by atoms with Gasteiger partial charge in [0.25, 0.3) is 5.56 Å². The molecule has 0 spiro atoms. The van der Waals surface area contributed by atoms with Crippen LogP contribution in [0.2, 0.25) is 0 Å². The lowest BCUT2D eigenvalue weighted by atomic mass is 10.3. The number of aliphatic imine (C=N–C) groups is 1. The number of aryl methyl sites for hydroxylation is 1. The van der Waals surface area contributed by atoms with Gasteiger partial charge in [-0.1, -0.05) is 6.07 Å². The number of pyridine rings is 1. The molecule has 1 heterocycles. The van der Waals surface area contributed by atoms with Gasteiger partial charge in [-0.05, 0) is 57.0 Å². The van der Waals surface area contributed by atoms with Gasteiger partial charge in [0.2, 0.25) is 0 Å². The van der Waals surface area contributed by atoms with Crippen molar-refractivity contribution in [3.63, 3.8) is 0 Å². The van der Waals surface area contributed by atoms with Gasteiger partial charge < -0.3 is 19.9 Å². The molecule has 2 N–H and O–H groups in total. The molecule has 0 amide bonds. The van der Waals surface area contributed by atoms with E-state index in [1.807, 2.05) is 19.9 Å². The van der Waals surface area contributed by atoms with Crippen molar-refractivity contribution in [2.24, 2.45) is 4.99 Å². The Morgan fingerprint density at radius 2 is 1.93 bits per heavy atom. The first-order chi connectivity index (χ1) is 13.5. The Hall–Kier alpha value is -2.83. The van der Waals surface area contributed by atoms with Crippen molar-refractivity contribution in [2.75, 3.05) is 20.1 Å². The van der Waals surface area contributed by atoms with E-state index in [0.717, 1.165) is 25.1 Å². The summed E-state index contributed by atoms with van der Waals surface area (Å²) in [5, 5.41) is 6.47. The van der Waals surface area contributed by atoms with Crippen LogP contribution in [0.1, 0.15) is 25.5 Å². The highest BCUT2D eigenvalue weighted by Gasteiger charge is 2.06. The van der Waals surface area contributed by atoms with Gasteiger partial charge >= 0.3 is 0 Å². The van der Waals surface area contributed by atoms with Gasteiger partial charge in [-0.3, -0.25) is 9.79 Å². The minimum Gasteiger partial charge on any atom is -0.489 e. The highest BCUT2D eigenvalue weighted by Crippen LogP contribution is 2.12. The first-order valence-corrected chi connectivity index (χ1v) is 9.53. The normalized spacial score (nSPS) is 12.5.